The lowest BCUT2D eigenvalue weighted by molar-refractivity contribution is -0.140. The predicted octanol–water partition coefficient (Wildman–Crippen LogP) is 2.71. The van der Waals surface area contributed by atoms with Crippen LogP contribution < -0.4 is 4.90 Å². The lowest BCUT2D eigenvalue weighted by atomic mass is 10.0. The smallest absolute Gasteiger partial charge is 0.308 e. The standard InChI is InChI=1S/C16H16FN3O2/c1-9-4-12(17)5-13-14(9)19-7-11(6-18)15(13)20(3)8-10(2)16(21)22/h4-5,7,10H,8H2,1-3H3,(H,21,22). The zero-order chi connectivity index (χ0) is 16.4. The molecule has 1 unspecified atom stereocenters. The molecule has 0 saturated carbocycles. The van der Waals surface area contributed by atoms with E-state index >= 15 is 0 Å². The van der Waals surface area contributed by atoms with E-state index in [1.807, 2.05) is 6.07 Å². The summed E-state index contributed by atoms with van der Waals surface area (Å²) in [6, 6.07) is 4.74. The molecule has 2 rings (SSSR count). The van der Waals surface area contributed by atoms with Crippen LogP contribution in [-0.2, 0) is 4.79 Å². The van der Waals surface area contributed by atoms with Crippen molar-refractivity contribution in [1.29, 1.82) is 5.26 Å². The second-order valence-electron chi connectivity index (χ2n) is 5.37. The molecule has 22 heavy (non-hydrogen) atoms. The summed E-state index contributed by atoms with van der Waals surface area (Å²) < 4.78 is 13.7. The first-order valence-corrected chi connectivity index (χ1v) is 6.78. The Bertz CT molecular complexity index is 783. The zero-order valence-corrected chi connectivity index (χ0v) is 12.6. The maximum Gasteiger partial charge on any atom is 0.308 e. The second kappa shape index (κ2) is 5.98. The van der Waals surface area contributed by atoms with E-state index in [9.17, 15) is 14.4 Å². The highest BCUT2D eigenvalue weighted by atomic mass is 19.1. The van der Waals surface area contributed by atoms with Crippen LogP contribution >= 0.6 is 0 Å². The number of carbonyl (C=O) groups is 1. The first-order chi connectivity index (χ1) is 10.3. The van der Waals surface area contributed by atoms with Crippen molar-refractivity contribution < 1.29 is 14.3 Å². The highest BCUT2D eigenvalue weighted by Crippen LogP contribution is 2.31. The molecule has 0 radical (unpaired) electrons. The number of benzene rings is 1. The van der Waals surface area contributed by atoms with Crippen LogP contribution in [0.5, 0.6) is 0 Å². The first-order valence-electron chi connectivity index (χ1n) is 6.78. The summed E-state index contributed by atoms with van der Waals surface area (Å²) in [5.74, 6) is -1.96. The number of hydrogen-bond acceptors (Lipinski definition) is 4. The molecule has 0 aliphatic heterocycles. The van der Waals surface area contributed by atoms with Crippen molar-refractivity contribution in [2.75, 3.05) is 18.5 Å². The van der Waals surface area contributed by atoms with Gasteiger partial charge >= 0.3 is 5.97 Å². The van der Waals surface area contributed by atoms with Crippen molar-refractivity contribution in [3.8, 4) is 6.07 Å². The molecule has 1 aromatic heterocycles. The molecule has 0 amide bonds. The van der Waals surface area contributed by atoms with E-state index in [2.05, 4.69) is 4.98 Å². The van der Waals surface area contributed by atoms with E-state index in [1.54, 1.807) is 25.8 Å². The normalized spacial score (nSPS) is 12.0. The number of nitriles is 1. The average Bonchev–Trinajstić information content (AvgIpc) is 2.45. The molecule has 6 heteroatoms. The molecule has 0 aliphatic carbocycles. The molecule has 1 N–H and O–H groups in total. The molecular formula is C16H16FN3O2. The minimum Gasteiger partial charge on any atom is -0.481 e. The number of pyridine rings is 1. The van der Waals surface area contributed by atoms with Gasteiger partial charge in [0.2, 0.25) is 0 Å². The predicted molar refractivity (Wildman–Crippen MR) is 81.2 cm³/mol. The number of nitrogens with zero attached hydrogens (tertiary/aromatic N) is 3. The van der Waals surface area contributed by atoms with Gasteiger partial charge in [0.1, 0.15) is 11.9 Å². The number of fused-ring (bicyclic) bond motifs is 1. The topological polar surface area (TPSA) is 77.2 Å². The van der Waals surface area contributed by atoms with E-state index < -0.39 is 17.7 Å². The Morgan fingerprint density at radius 1 is 1.55 bits per heavy atom. The van der Waals surface area contributed by atoms with Gasteiger partial charge in [-0.1, -0.05) is 6.92 Å². The molecule has 2 aromatic rings. The van der Waals surface area contributed by atoms with Crippen LogP contribution in [0.1, 0.15) is 18.1 Å². The highest BCUT2D eigenvalue weighted by molar-refractivity contribution is 5.96. The Kier molecular flexibility index (Phi) is 4.27. The molecule has 1 aromatic carbocycles. The number of rotatable bonds is 4. The Morgan fingerprint density at radius 2 is 2.23 bits per heavy atom. The molecule has 0 fully saturated rings. The number of aliphatic carboxylic acids is 1. The molecule has 1 atom stereocenters. The molecule has 114 valence electrons. The Morgan fingerprint density at radius 3 is 2.82 bits per heavy atom. The molecular weight excluding hydrogens is 285 g/mol. The van der Waals surface area contributed by atoms with Gasteiger partial charge in [-0.2, -0.15) is 5.26 Å². The third-order valence-corrected chi connectivity index (χ3v) is 3.57. The molecule has 5 nitrogen and oxygen atoms in total. The third kappa shape index (κ3) is 2.84. The zero-order valence-electron chi connectivity index (χ0n) is 12.6. The van der Waals surface area contributed by atoms with Crippen molar-refractivity contribution in [2.45, 2.75) is 13.8 Å². The molecule has 0 bridgehead atoms. The Hall–Kier alpha value is -2.68. The van der Waals surface area contributed by atoms with Crippen molar-refractivity contribution in [3.63, 3.8) is 0 Å². The van der Waals surface area contributed by atoms with Gasteiger partial charge in [-0.3, -0.25) is 9.78 Å². The maximum absolute atomic E-state index is 13.7. The van der Waals surface area contributed by atoms with Gasteiger partial charge in [0.25, 0.3) is 0 Å². The largest absolute Gasteiger partial charge is 0.481 e. The summed E-state index contributed by atoms with van der Waals surface area (Å²) >= 11 is 0. The van der Waals surface area contributed by atoms with Gasteiger partial charge in [-0.15, -0.1) is 0 Å². The lowest BCUT2D eigenvalue weighted by Crippen LogP contribution is -2.29. The summed E-state index contributed by atoms with van der Waals surface area (Å²) in [5.41, 5.74) is 2.06. The molecule has 0 aliphatic rings. The number of carboxylic acid groups (broad SMARTS) is 1. The van der Waals surface area contributed by atoms with Crippen LogP contribution in [0.25, 0.3) is 10.9 Å². The number of hydrogen-bond donors (Lipinski definition) is 1. The fourth-order valence-electron chi connectivity index (χ4n) is 2.50. The first kappa shape index (κ1) is 15.7. The summed E-state index contributed by atoms with van der Waals surface area (Å²) in [6.07, 6.45) is 1.44. The average molecular weight is 301 g/mol. The summed E-state index contributed by atoms with van der Waals surface area (Å²) in [4.78, 5) is 16.9. The Labute approximate surface area is 127 Å². The van der Waals surface area contributed by atoms with E-state index in [1.165, 1.54) is 18.3 Å². The fourth-order valence-corrected chi connectivity index (χ4v) is 2.50. The number of aryl methyl sites for hydroxylation is 1. The number of carboxylic acids is 1. The van der Waals surface area contributed by atoms with Crippen molar-refractivity contribution in [1.82, 2.24) is 4.98 Å². The molecule has 0 saturated heterocycles. The van der Waals surface area contributed by atoms with Crippen LogP contribution in [-0.4, -0.2) is 29.7 Å². The van der Waals surface area contributed by atoms with Gasteiger partial charge in [0.15, 0.2) is 0 Å². The number of halogens is 1. The monoisotopic (exact) mass is 301 g/mol. The summed E-state index contributed by atoms with van der Waals surface area (Å²) in [5, 5.41) is 18.8. The fraction of sp³-hybridized carbons (Fsp3) is 0.312. The van der Waals surface area contributed by atoms with E-state index in [0.29, 0.717) is 22.2 Å². The molecule has 0 spiro atoms. The van der Waals surface area contributed by atoms with Crippen LogP contribution in [0.15, 0.2) is 18.3 Å². The van der Waals surface area contributed by atoms with Crippen LogP contribution in [0.4, 0.5) is 10.1 Å². The highest BCUT2D eigenvalue weighted by Gasteiger charge is 2.19. The van der Waals surface area contributed by atoms with Crippen LogP contribution in [0.2, 0.25) is 0 Å². The van der Waals surface area contributed by atoms with Gasteiger partial charge in [-0.25, -0.2) is 4.39 Å². The summed E-state index contributed by atoms with van der Waals surface area (Å²) in [6.45, 7) is 3.53. The van der Waals surface area contributed by atoms with E-state index in [-0.39, 0.29) is 12.1 Å². The van der Waals surface area contributed by atoms with Crippen molar-refractivity contribution >= 4 is 22.6 Å². The minimum atomic E-state index is -0.925. The van der Waals surface area contributed by atoms with E-state index in [0.717, 1.165) is 0 Å². The van der Waals surface area contributed by atoms with Crippen LogP contribution in [0.3, 0.4) is 0 Å². The van der Waals surface area contributed by atoms with Crippen molar-refractivity contribution in [2.24, 2.45) is 5.92 Å². The Balaban J connectivity index is 2.64. The van der Waals surface area contributed by atoms with Crippen molar-refractivity contribution in [3.05, 3.63) is 35.3 Å². The summed E-state index contributed by atoms with van der Waals surface area (Å²) in [7, 11) is 1.69. The third-order valence-electron chi connectivity index (χ3n) is 3.57. The van der Waals surface area contributed by atoms with Gasteiger partial charge < -0.3 is 10.0 Å². The number of anilines is 1. The minimum absolute atomic E-state index is 0.207. The van der Waals surface area contributed by atoms with Gasteiger partial charge in [0, 0.05) is 25.2 Å². The van der Waals surface area contributed by atoms with Crippen LogP contribution in [0, 0.1) is 30.0 Å². The SMILES string of the molecule is Cc1cc(F)cc2c(N(C)CC(C)C(=O)O)c(C#N)cnc12. The molecule has 1 heterocycles. The van der Waals surface area contributed by atoms with Gasteiger partial charge in [0.05, 0.1) is 22.7 Å². The van der Waals surface area contributed by atoms with Gasteiger partial charge in [-0.05, 0) is 24.6 Å². The maximum atomic E-state index is 13.7. The quantitative estimate of drug-likeness (QED) is 0.939. The second-order valence-corrected chi connectivity index (χ2v) is 5.37. The lowest BCUT2D eigenvalue weighted by Gasteiger charge is -2.24. The van der Waals surface area contributed by atoms with E-state index in [4.69, 9.17) is 5.11 Å². The number of aromatic nitrogens is 1.